The molecule has 2 aromatic rings. The van der Waals surface area contributed by atoms with Crippen LogP contribution in [0.1, 0.15) is 30.9 Å². The summed E-state index contributed by atoms with van der Waals surface area (Å²) in [6, 6.07) is 7.93. The van der Waals surface area contributed by atoms with Crippen LogP contribution in [-0.4, -0.2) is 17.0 Å². The number of rotatable bonds is 4. The first-order valence-electron chi connectivity index (χ1n) is 6.39. The third kappa shape index (κ3) is 3.02. The zero-order chi connectivity index (χ0) is 13.8. The number of benzene rings is 1. The summed E-state index contributed by atoms with van der Waals surface area (Å²) in [7, 11) is 1.85. The lowest BCUT2D eigenvalue weighted by molar-refractivity contribution is 0.451. The van der Waals surface area contributed by atoms with Gasteiger partial charge in [-0.2, -0.15) is 0 Å². The molecule has 100 valence electrons. The molecule has 0 unspecified atom stereocenters. The van der Waals surface area contributed by atoms with Gasteiger partial charge in [-0.05, 0) is 30.5 Å². The molecule has 4 nitrogen and oxygen atoms in total. The topological polar surface area (TPSA) is 47.0 Å². The van der Waals surface area contributed by atoms with E-state index in [9.17, 15) is 0 Å². The Hall–Kier alpha value is -2.10. The molecule has 4 heteroatoms. The van der Waals surface area contributed by atoms with Crippen molar-refractivity contribution in [1.82, 2.24) is 9.97 Å². The van der Waals surface area contributed by atoms with E-state index in [0.29, 0.717) is 5.88 Å². The number of hydrogen-bond acceptors (Lipinski definition) is 4. The van der Waals surface area contributed by atoms with Crippen LogP contribution < -0.4 is 10.1 Å². The smallest absolute Gasteiger partial charge is 0.227 e. The van der Waals surface area contributed by atoms with E-state index in [2.05, 4.69) is 29.1 Å². The Bertz CT molecular complexity index is 567. The summed E-state index contributed by atoms with van der Waals surface area (Å²) in [6.07, 6.45) is 1.52. The molecule has 1 aromatic carbocycles. The number of anilines is 1. The van der Waals surface area contributed by atoms with Crippen LogP contribution in [-0.2, 0) is 0 Å². The molecule has 0 aliphatic heterocycles. The Morgan fingerprint density at radius 1 is 1.21 bits per heavy atom. The van der Waals surface area contributed by atoms with E-state index in [4.69, 9.17) is 4.74 Å². The lowest BCUT2D eigenvalue weighted by Crippen LogP contribution is -2.04. The highest BCUT2D eigenvalue weighted by molar-refractivity contribution is 5.51. The van der Waals surface area contributed by atoms with Crippen LogP contribution in [0.15, 0.2) is 30.6 Å². The second kappa shape index (κ2) is 5.69. The molecular formula is C15H19N3O. The average molecular weight is 257 g/mol. The highest BCUT2D eigenvalue weighted by atomic mass is 16.5. The Labute approximate surface area is 113 Å². The quantitative estimate of drug-likeness (QED) is 0.906. The molecule has 0 aliphatic rings. The van der Waals surface area contributed by atoms with E-state index in [1.165, 1.54) is 6.33 Å². The minimum absolute atomic E-state index is 0.281. The summed E-state index contributed by atoms with van der Waals surface area (Å²) in [6.45, 7) is 6.24. The van der Waals surface area contributed by atoms with Crippen LogP contribution >= 0.6 is 0 Å². The molecule has 1 aromatic heterocycles. The molecule has 0 bridgehead atoms. The SMILES string of the molecule is CNc1ncnc(Oc2cccc(C)c2)c1C(C)C. The predicted molar refractivity (Wildman–Crippen MR) is 76.9 cm³/mol. The van der Waals surface area contributed by atoms with Gasteiger partial charge in [-0.3, -0.25) is 0 Å². The third-order valence-electron chi connectivity index (χ3n) is 2.87. The Morgan fingerprint density at radius 2 is 2.00 bits per heavy atom. The van der Waals surface area contributed by atoms with Gasteiger partial charge in [0.1, 0.15) is 17.9 Å². The maximum Gasteiger partial charge on any atom is 0.227 e. The van der Waals surface area contributed by atoms with Gasteiger partial charge in [-0.15, -0.1) is 0 Å². The predicted octanol–water partition coefficient (Wildman–Crippen LogP) is 3.74. The fourth-order valence-corrected chi connectivity index (χ4v) is 1.97. The van der Waals surface area contributed by atoms with Crippen LogP contribution in [0.2, 0.25) is 0 Å². The van der Waals surface area contributed by atoms with Crippen molar-refractivity contribution in [2.24, 2.45) is 0 Å². The van der Waals surface area contributed by atoms with Crippen molar-refractivity contribution in [2.75, 3.05) is 12.4 Å². The van der Waals surface area contributed by atoms with Crippen molar-refractivity contribution >= 4 is 5.82 Å². The van der Waals surface area contributed by atoms with E-state index in [1.807, 2.05) is 38.2 Å². The normalized spacial score (nSPS) is 10.6. The maximum absolute atomic E-state index is 5.90. The van der Waals surface area contributed by atoms with Crippen molar-refractivity contribution in [3.63, 3.8) is 0 Å². The maximum atomic E-state index is 5.90. The molecule has 0 fully saturated rings. The van der Waals surface area contributed by atoms with E-state index < -0.39 is 0 Å². The van der Waals surface area contributed by atoms with Crippen LogP contribution in [0.3, 0.4) is 0 Å². The molecule has 1 N–H and O–H groups in total. The van der Waals surface area contributed by atoms with Gasteiger partial charge < -0.3 is 10.1 Å². The number of hydrogen-bond donors (Lipinski definition) is 1. The second-order valence-electron chi connectivity index (χ2n) is 4.76. The van der Waals surface area contributed by atoms with Crippen LogP contribution in [0.5, 0.6) is 11.6 Å². The highest BCUT2D eigenvalue weighted by Gasteiger charge is 2.16. The minimum atomic E-state index is 0.281. The molecule has 0 saturated carbocycles. The Kier molecular flexibility index (Phi) is 4.00. The monoisotopic (exact) mass is 257 g/mol. The molecule has 0 spiro atoms. The molecule has 2 rings (SSSR count). The molecule has 0 radical (unpaired) electrons. The van der Waals surface area contributed by atoms with E-state index in [-0.39, 0.29) is 5.92 Å². The van der Waals surface area contributed by atoms with Gasteiger partial charge >= 0.3 is 0 Å². The Balaban J connectivity index is 2.39. The summed E-state index contributed by atoms with van der Waals surface area (Å²) >= 11 is 0. The number of nitrogens with one attached hydrogen (secondary N) is 1. The van der Waals surface area contributed by atoms with Crippen molar-refractivity contribution in [3.8, 4) is 11.6 Å². The molecule has 0 amide bonds. The second-order valence-corrected chi connectivity index (χ2v) is 4.76. The minimum Gasteiger partial charge on any atom is -0.439 e. The first kappa shape index (κ1) is 13.3. The van der Waals surface area contributed by atoms with E-state index in [1.54, 1.807) is 0 Å². The van der Waals surface area contributed by atoms with Gasteiger partial charge in [0.15, 0.2) is 0 Å². The van der Waals surface area contributed by atoms with Crippen molar-refractivity contribution in [1.29, 1.82) is 0 Å². The molecule has 1 heterocycles. The van der Waals surface area contributed by atoms with Crippen molar-refractivity contribution < 1.29 is 4.74 Å². The number of aromatic nitrogens is 2. The zero-order valence-electron chi connectivity index (χ0n) is 11.8. The summed E-state index contributed by atoms with van der Waals surface area (Å²) < 4.78 is 5.90. The molecule has 0 aliphatic carbocycles. The summed E-state index contributed by atoms with van der Waals surface area (Å²) in [5.41, 5.74) is 2.15. The number of nitrogens with zero attached hydrogens (tertiary/aromatic N) is 2. The molecular weight excluding hydrogens is 238 g/mol. The highest BCUT2D eigenvalue weighted by Crippen LogP contribution is 2.32. The first-order chi connectivity index (χ1) is 9.11. The number of aryl methyl sites for hydroxylation is 1. The van der Waals surface area contributed by atoms with Gasteiger partial charge in [0.25, 0.3) is 0 Å². The molecule has 19 heavy (non-hydrogen) atoms. The van der Waals surface area contributed by atoms with Gasteiger partial charge in [-0.1, -0.05) is 26.0 Å². The zero-order valence-corrected chi connectivity index (χ0v) is 11.8. The summed E-state index contributed by atoms with van der Waals surface area (Å²) in [4.78, 5) is 8.50. The number of ether oxygens (including phenoxy) is 1. The van der Waals surface area contributed by atoms with E-state index >= 15 is 0 Å². The standard InChI is InChI=1S/C15H19N3O/c1-10(2)13-14(16-4)17-9-18-15(13)19-12-7-5-6-11(3)8-12/h5-10H,1-4H3,(H,16,17,18). The Morgan fingerprint density at radius 3 is 2.63 bits per heavy atom. The average Bonchev–Trinajstić information content (AvgIpc) is 2.38. The molecule has 0 atom stereocenters. The fraction of sp³-hybridized carbons (Fsp3) is 0.333. The fourth-order valence-electron chi connectivity index (χ4n) is 1.97. The lowest BCUT2D eigenvalue weighted by Gasteiger charge is -2.15. The van der Waals surface area contributed by atoms with Crippen LogP contribution in [0.25, 0.3) is 0 Å². The van der Waals surface area contributed by atoms with Crippen molar-refractivity contribution in [2.45, 2.75) is 26.7 Å². The van der Waals surface area contributed by atoms with Crippen molar-refractivity contribution in [3.05, 3.63) is 41.7 Å². The largest absolute Gasteiger partial charge is 0.439 e. The molecule has 0 saturated heterocycles. The van der Waals surface area contributed by atoms with Crippen LogP contribution in [0.4, 0.5) is 5.82 Å². The summed E-state index contributed by atoms with van der Waals surface area (Å²) in [5.74, 6) is 2.50. The van der Waals surface area contributed by atoms with Gasteiger partial charge in [0.2, 0.25) is 5.88 Å². The third-order valence-corrected chi connectivity index (χ3v) is 2.87. The first-order valence-corrected chi connectivity index (χ1v) is 6.39. The van der Waals surface area contributed by atoms with Gasteiger partial charge in [0.05, 0.1) is 5.56 Å². The lowest BCUT2D eigenvalue weighted by atomic mass is 10.1. The van der Waals surface area contributed by atoms with E-state index in [0.717, 1.165) is 22.7 Å². The van der Waals surface area contributed by atoms with Crippen LogP contribution in [0, 0.1) is 6.92 Å². The summed E-state index contributed by atoms with van der Waals surface area (Å²) in [5, 5.41) is 3.08. The van der Waals surface area contributed by atoms with Gasteiger partial charge in [-0.25, -0.2) is 9.97 Å². The van der Waals surface area contributed by atoms with Gasteiger partial charge in [0, 0.05) is 7.05 Å².